The molecule has 1 amide bonds. The summed E-state index contributed by atoms with van der Waals surface area (Å²) in [7, 11) is 0. The maximum absolute atomic E-state index is 12.8. The average molecular weight is 383 g/mol. The van der Waals surface area contributed by atoms with Crippen molar-refractivity contribution in [1.82, 2.24) is 10.2 Å². The molecule has 1 aliphatic heterocycles. The summed E-state index contributed by atoms with van der Waals surface area (Å²) >= 11 is 14.2. The molecule has 0 saturated heterocycles. The first-order chi connectivity index (χ1) is 11.6. The maximum atomic E-state index is 12.8. The Morgan fingerprint density at radius 1 is 1.33 bits per heavy atom. The van der Waals surface area contributed by atoms with Gasteiger partial charge < -0.3 is 10.2 Å². The Balaban J connectivity index is 1.95. The van der Waals surface area contributed by atoms with E-state index in [9.17, 15) is 4.79 Å². The number of benzene rings is 1. The third kappa shape index (κ3) is 3.62. The number of fused-ring (bicyclic) bond motifs is 1. The molecule has 3 rings (SSSR count). The van der Waals surface area contributed by atoms with Crippen molar-refractivity contribution in [3.63, 3.8) is 0 Å². The first-order valence-electron chi connectivity index (χ1n) is 8.13. The lowest BCUT2D eigenvalue weighted by molar-refractivity contribution is -0.132. The fourth-order valence-electron chi connectivity index (χ4n) is 3.12. The lowest BCUT2D eigenvalue weighted by atomic mass is 9.93. The normalized spacial score (nSPS) is 17.0. The highest BCUT2D eigenvalue weighted by Gasteiger charge is 2.33. The van der Waals surface area contributed by atoms with Gasteiger partial charge in [-0.15, -0.1) is 11.3 Å². The Labute approximate surface area is 156 Å². The van der Waals surface area contributed by atoms with E-state index in [0.29, 0.717) is 23.1 Å². The molecule has 2 aromatic rings. The molecule has 0 fully saturated rings. The monoisotopic (exact) mass is 382 g/mol. The molecule has 2 heterocycles. The summed E-state index contributed by atoms with van der Waals surface area (Å²) in [4.78, 5) is 16.0. The highest BCUT2D eigenvalue weighted by atomic mass is 35.5. The second-order valence-corrected chi connectivity index (χ2v) is 7.73. The van der Waals surface area contributed by atoms with Crippen LogP contribution in [-0.2, 0) is 11.2 Å². The van der Waals surface area contributed by atoms with Crippen molar-refractivity contribution in [2.24, 2.45) is 0 Å². The second kappa shape index (κ2) is 7.87. The van der Waals surface area contributed by atoms with Crippen LogP contribution in [0, 0.1) is 0 Å². The lowest BCUT2D eigenvalue weighted by Crippen LogP contribution is -2.44. The van der Waals surface area contributed by atoms with E-state index in [-0.39, 0.29) is 11.9 Å². The van der Waals surface area contributed by atoms with Gasteiger partial charge in [-0.1, -0.05) is 36.2 Å². The van der Waals surface area contributed by atoms with Crippen molar-refractivity contribution < 1.29 is 4.79 Å². The van der Waals surface area contributed by atoms with Gasteiger partial charge in [-0.05, 0) is 54.1 Å². The number of rotatable bonds is 5. The molecule has 0 spiro atoms. The Morgan fingerprint density at radius 3 is 2.92 bits per heavy atom. The van der Waals surface area contributed by atoms with Crippen molar-refractivity contribution in [1.29, 1.82) is 0 Å². The molecule has 0 bridgehead atoms. The fraction of sp³-hybridized carbons (Fsp3) is 0.389. The Bertz CT molecular complexity index is 732. The molecule has 1 aliphatic rings. The third-order valence-corrected chi connectivity index (χ3v) is 5.81. The predicted octanol–water partition coefficient (Wildman–Crippen LogP) is 4.53. The van der Waals surface area contributed by atoms with Gasteiger partial charge in [0.05, 0.1) is 12.6 Å². The summed E-state index contributed by atoms with van der Waals surface area (Å²) < 4.78 is 0. The molecule has 24 heavy (non-hydrogen) atoms. The Morgan fingerprint density at radius 2 is 2.17 bits per heavy atom. The summed E-state index contributed by atoms with van der Waals surface area (Å²) in [6.45, 7) is 4.00. The van der Waals surface area contributed by atoms with Crippen LogP contribution in [0.4, 0.5) is 0 Å². The van der Waals surface area contributed by atoms with Crippen molar-refractivity contribution >= 4 is 40.4 Å². The second-order valence-electron chi connectivity index (χ2n) is 5.88. The number of hydrogen-bond donors (Lipinski definition) is 1. The van der Waals surface area contributed by atoms with Crippen LogP contribution in [0.15, 0.2) is 29.6 Å². The molecular weight excluding hydrogens is 363 g/mol. The molecule has 3 nitrogen and oxygen atoms in total. The summed E-state index contributed by atoms with van der Waals surface area (Å²) in [6.07, 6.45) is 1.91. The molecule has 1 aromatic carbocycles. The smallest absolute Gasteiger partial charge is 0.237 e. The summed E-state index contributed by atoms with van der Waals surface area (Å²) in [6, 6.07) is 7.48. The first-order valence-corrected chi connectivity index (χ1v) is 9.76. The molecule has 0 aliphatic carbocycles. The minimum atomic E-state index is -0.138. The van der Waals surface area contributed by atoms with E-state index in [0.717, 1.165) is 24.9 Å². The first kappa shape index (κ1) is 17.7. The predicted molar refractivity (Wildman–Crippen MR) is 101 cm³/mol. The summed E-state index contributed by atoms with van der Waals surface area (Å²) in [5.41, 5.74) is 2.11. The Hall–Kier alpha value is -1.07. The zero-order valence-corrected chi connectivity index (χ0v) is 15.8. The summed E-state index contributed by atoms with van der Waals surface area (Å²) in [5, 5.41) is 6.50. The van der Waals surface area contributed by atoms with Crippen LogP contribution in [0.5, 0.6) is 0 Å². The number of carbonyl (C=O) groups is 1. The minimum absolute atomic E-state index is 0.108. The fourth-order valence-corrected chi connectivity index (χ4v) is 4.53. The zero-order chi connectivity index (χ0) is 17.1. The summed E-state index contributed by atoms with van der Waals surface area (Å²) in [5.74, 6) is 0.108. The quantitative estimate of drug-likeness (QED) is 0.770. The SMILES string of the molecule is CCCNCC(=O)N1CCc2sccc2[C@H]1c1ccc(Cl)cc1Cl. The highest BCUT2D eigenvalue weighted by molar-refractivity contribution is 7.10. The number of nitrogens with one attached hydrogen (secondary N) is 1. The van der Waals surface area contributed by atoms with E-state index in [1.165, 1.54) is 10.4 Å². The van der Waals surface area contributed by atoms with E-state index >= 15 is 0 Å². The topological polar surface area (TPSA) is 32.3 Å². The number of halogens is 2. The van der Waals surface area contributed by atoms with Gasteiger partial charge in [-0.3, -0.25) is 4.79 Å². The van der Waals surface area contributed by atoms with Gasteiger partial charge in [-0.2, -0.15) is 0 Å². The number of carbonyl (C=O) groups excluding carboxylic acids is 1. The molecule has 1 atom stereocenters. The molecule has 0 unspecified atom stereocenters. The largest absolute Gasteiger partial charge is 0.330 e. The average Bonchev–Trinajstić information content (AvgIpc) is 3.03. The van der Waals surface area contributed by atoms with Crippen LogP contribution < -0.4 is 5.32 Å². The van der Waals surface area contributed by atoms with Crippen LogP contribution in [0.25, 0.3) is 0 Å². The molecule has 1 aromatic heterocycles. The van der Waals surface area contributed by atoms with Crippen LogP contribution in [-0.4, -0.2) is 30.4 Å². The standard InChI is InChI=1S/C18H20Cl2N2OS/c1-2-7-21-11-17(23)22-8-5-16-14(6-9-24-16)18(22)13-4-3-12(19)10-15(13)20/h3-4,6,9-10,18,21H,2,5,7-8,11H2,1H3/t18-/m1/s1. The third-order valence-electron chi connectivity index (χ3n) is 4.25. The molecule has 1 N–H and O–H groups in total. The van der Waals surface area contributed by atoms with Gasteiger partial charge in [0, 0.05) is 21.5 Å². The lowest BCUT2D eigenvalue weighted by Gasteiger charge is -2.37. The van der Waals surface area contributed by atoms with E-state index in [1.807, 2.05) is 17.0 Å². The molecular formula is C18H20Cl2N2OS. The molecule has 128 valence electrons. The van der Waals surface area contributed by atoms with Crippen LogP contribution >= 0.6 is 34.5 Å². The van der Waals surface area contributed by atoms with Crippen LogP contribution in [0.3, 0.4) is 0 Å². The van der Waals surface area contributed by atoms with Gasteiger partial charge in [0.25, 0.3) is 0 Å². The van der Waals surface area contributed by atoms with E-state index in [2.05, 4.69) is 23.7 Å². The highest BCUT2D eigenvalue weighted by Crippen LogP contribution is 2.40. The van der Waals surface area contributed by atoms with Gasteiger partial charge in [0.15, 0.2) is 0 Å². The zero-order valence-electron chi connectivity index (χ0n) is 13.5. The van der Waals surface area contributed by atoms with E-state index in [4.69, 9.17) is 23.2 Å². The van der Waals surface area contributed by atoms with Gasteiger partial charge in [0.2, 0.25) is 5.91 Å². The van der Waals surface area contributed by atoms with Crippen LogP contribution in [0.2, 0.25) is 10.0 Å². The Kier molecular flexibility index (Phi) is 5.82. The number of hydrogen-bond acceptors (Lipinski definition) is 3. The molecule has 0 radical (unpaired) electrons. The van der Waals surface area contributed by atoms with Gasteiger partial charge >= 0.3 is 0 Å². The molecule has 0 saturated carbocycles. The van der Waals surface area contributed by atoms with Crippen LogP contribution in [0.1, 0.15) is 35.4 Å². The van der Waals surface area contributed by atoms with Crippen molar-refractivity contribution in [2.75, 3.05) is 19.6 Å². The number of amides is 1. The number of nitrogens with zero attached hydrogens (tertiary/aromatic N) is 1. The van der Waals surface area contributed by atoms with E-state index < -0.39 is 0 Å². The number of thiophene rings is 1. The van der Waals surface area contributed by atoms with Crippen molar-refractivity contribution in [3.8, 4) is 0 Å². The van der Waals surface area contributed by atoms with E-state index in [1.54, 1.807) is 17.4 Å². The molecule has 6 heteroatoms. The van der Waals surface area contributed by atoms with Gasteiger partial charge in [0.1, 0.15) is 0 Å². The van der Waals surface area contributed by atoms with Crippen molar-refractivity contribution in [3.05, 3.63) is 55.7 Å². The minimum Gasteiger partial charge on any atom is -0.330 e. The van der Waals surface area contributed by atoms with Crippen molar-refractivity contribution in [2.45, 2.75) is 25.8 Å². The van der Waals surface area contributed by atoms with Gasteiger partial charge in [-0.25, -0.2) is 0 Å². The maximum Gasteiger partial charge on any atom is 0.237 e.